The molecule has 138 valence electrons. The van der Waals surface area contributed by atoms with Gasteiger partial charge in [-0.25, -0.2) is 4.39 Å². The summed E-state index contributed by atoms with van der Waals surface area (Å²) in [5, 5.41) is 12.9. The molecule has 0 aliphatic heterocycles. The summed E-state index contributed by atoms with van der Waals surface area (Å²) in [5.41, 5.74) is 0.563. The third-order valence-corrected chi connectivity index (χ3v) is 6.45. The minimum Gasteiger partial charge on any atom is -0.380 e. The Labute approximate surface area is 159 Å². The summed E-state index contributed by atoms with van der Waals surface area (Å²) >= 11 is 2.64. The first-order valence-corrected chi connectivity index (χ1v) is 10.1. The zero-order valence-corrected chi connectivity index (χ0v) is 16.5. The number of ether oxygens (including phenoxy) is 1. The van der Waals surface area contributed by atoms with Crippen molar-refractivity contribution < 1.29 is 13.9 Å². The van der Waals surface area contributed by atoms with E-state index in [1.165, 1.54) is 35.8 Å². The van der Waals surface area contributed by atoms with Crippen LogP contribution in [0.2, 0.25) is 0 Å². The van der Waals surface area contributed by atoms with Crippen LogP contribution < -0.4 is 5.32 Å². The standard InChI is InChI=1S/C18H20FN3O2S2/c1-4-10(5-2)17-21-22-18(26-17)20-16(23)15-11(9-24-3)14-12(19)7-6-8-13(14)25-15/h6-8,10H,4-5,9H2,1-3H3,(H,20,22,23). The van der Waals surface area contributed by atoms with Crippen molar-refractivity contribution in [2.75, 3.05) is 12.4 Å². The van der Waals surface area contributed by atoms with E-state index in [0.29, 0.717) is 26.9 Å². The van der Waals surface area contributed by atoms with Crippen LogP contribution in [0.4, 0.5) is 9.52 Å². The molecular weight excluding hydrogens is 373 g/mol. The van der Waals surface area contributed by atoms with Crippen LogP contribution in [-0.2, 0) is 11.3 Å². The summed E-state index contributed by atoms with van der Waals surface area (Å²) in [6.45, 7) is 4.38. The minimum absolute atomic E-state index is 0.165. The second-order valence-corrected chi connectivity index (χ2v) is 7.93. The number of hydrogen-bond donors (Lipinski definition) is 1. The molecule has 0 saturated heterocycles. The fourth-order valence-corrected chi connectivity index (χ4v) is 5.00. The van der Waals surface area contributed by atoms with Gasteiger partial charge in [0.05, 0.1) is 11.5 Å². The van der Waals surface area contributed by atoms with Crippen molar-refractivity contribution in [2.24, 2.45) is 0 Å². The minimum atomic E-state index is -0.350. The number of methoxy groups -OCH3 is 1. The molecule has 2 aromatic heterocycles. The van der Waals surface area contributed by atoms with Gasteiger partial charge in [-0.2, -0.15) is 0 Å². The summed E-state index contributed by atoms with van der Waals surface area (Å²) in [6, 6.07) is 4.83. The van der Waals surface area contributed by atoms with Crippen LogP contribution in [0.5, 0.6) is 0 Å². The Kier molecular flexibility index (Phi) is 5.95. The monoisotopic (exact) mass is 393 g/mol. The van der Waals surface area contributed by atoms with E-state index in [-0.39, 0.29) is 18.3 Å². The van der Waals surface area contributed by atoms with Gasteiger partial charge in [-0.3, -0.25) is 10.1 Å². The van der Waals surface area contributed by atoms with Gasteiger partial charge >= 0.3 is 0 Å². The topological polar surface area (TPSA) is 64.1 Å². The number of halogens is 1. The summed E-state index contributed by atoms with van der Waals surface area (Å²) in [7, 11) is 1.53. The molecule has 0 atom stereocenters. The van der Waals surface area contributed by atoms with Gasteiger partial charge in [-0.15, -0.1) is 21.5 Å². The molecular formula is C18H20FN3O2S2. The molecule has 3 rings (SSSR count). The van der Waals surface area contributed by atoms with Crippen molar-refractivity contribution in [3.05, 3.63) is 39.5 Å². The zero-order chi connectivity index (χ0) is 18.7. The molecule has 3 aromatic rings. The molecule has 0 spiro atoms. The van der Waals surface area contributed by atoms with E-state index in [1.807, 2.05) is 0 Å². The zero-order valence-electron chi connectivity index (χ0n) is 14.8. The maximum Gasteiger partial charge on any atom is 0.267 e. The molecule has 1 N–H and O–H groups in total. The Morgan fingerprint density at radius 2 is 2.04 bits per heavy atom. The molecule has 0 aliphatic carbocycles. The quantitative estimate of drug-likeness (QED) is 0.600. The number of carbonyl (C=O) groups excluding carboxylic acids is 1. The predicted molar refractivity (Wildman–Crippen MR) is 104 cm³/mol. The van der Waals surface area contributed by atoms with Gasteiger partial charge in [-0.1, -0.05) is 31.3 Å². The average molecular weight is 394 g/mol. The summed E-state index contributed by atoms with van der Waals surface area (Å²) in [6.07, 6.45) is 1.96. The van der Waals surface area contributed by atoms with Gasteiger partial charge in [0, 0.05) is 28.7 Å². The number of nitrogens with zero attached hydrogens (tertiary/aromatic N) is 2. The van der Waals surface area contributed by atoms with Gasteiger partial charge in [0.25, 0.3) is 5.91 Å². The molecule has 2 heterocycles. The van der Waals surface area contributed by atoms with Gasteiger partial charge in [0.15, 0.2) is 0 Å². The number of amides is 1. The Balaban J connectivity index is 1.91. The fourth-order valence-electron chi connectivity index (χ4n) is 2.87. The molecule has 0 aliphatic rings. The maximum absolute atomic E-state index is 14.2. The van der Waals surface area contributed by atoms with E-state index in [9.17, 15) is 9.18 Å². The van der Waals surface area contributed by atoms with Crippen LogP contribution in [0, 0.1) is 5.82 Å². The molecule has 1 aromatic carbocycles. The fraction of sp³-hybridized carbons (Fsp3) is 0.389. The Morgan fingerprint density at radius 1 is 1.27 bits per heavy atom. The van der Waals surface area contributed by atoms with Crippen LogP contribution in [0.15, 0.2) is 18.2 Å². The van der Waals surface area contributed by atoms with Crippen LogP contribution in [0.25, 0.3) is 10.1 Å². The molecule has 0 fully saturated rings. The van der Waals surface area contributed by atoms with E-state index in [4.69, 9.17) is 4.74 Å². The molecule has 8 heteroatoms. The van der Waals surface area contributed by atoms with Gasteiger partial charge in [0.1, 0.15) is 10.8 Å². The molecule has 0 unspecified atom stereocenters. The van der Waals surface area contributed by atoms with Crippen LogP contribution >= 0.6 is 22.7 Å². The Bertz CT molecular complexity index is 918. The highest BCUT2D eigenvalue weighted by Crippen LogP contribution is 2.35. The largest absolute Gasteiger partial charge is 0.380 e. The van der Waals surface area contributed by atoms with Gasteiger partial charge < -0.3 is 4.74 Å². The number of carbonyl (C=O) groups is 1. The van der Waals surface area contributed by atoms with Gasteiger partial charge in [-0.05, 0) is 25.0 Å². The molecule has 0 saturated carbocycles. The van der Waals surface area contributed by atoms with E-state index in [2.05, 4.69) is 29.4 Å². The van der Waals surface area contributed by atoms with Crippen LogP contribution in [0.3, 0.4) is 0 Å². The Morgan fingerprint density at radius 3 is 2.73 bits per heavy atom. The second kappa shape index (κ2) is 8.20. The maximum atomic E-state index is 14.2. The molecule has 26 heavy (non-hydrogen) atoms. The second-order valence-electron chi connectivity index (χ2n) is 5.87. The number of fused-ring (bicyclic) bond motifs is 1. The first kappa shape index (κ1) is 18.9. The number of benzene rings is 1. The Hall–Kier alpha value is -1.90. The summed E-state index contributed by atoms with van der Waals surface area (Å²) in [5.74, 6) is -0.317. The third-order valence-electron chi connectivity index (χ3n) is 4.25. The number of aromatic nitrogens is 2. The lowest BCUT2D eigenvalue weighted by Crippen LogP contribution is -2.12. The highest BCUT2D eigenvalue weighted by Gasteiger charge is 2.22. The lowest BCUT2D eigenvalue weighted by Gasteiger charge is -2.06. The van der Waals surface area contributed by atoms with E-state index in [0.717, 1.165) is 22.5 Å². The number of thiophene rings is 1. The van der Waals surface area contributed by atoms with Crippen molar-refractivity contribution in [3.8, 4) is 0 Å². The first-order valence-electron chi connectivity index (χ1n) is 8.42. The lowest BCUT2D eigenvalue weighted by molar-refractivity contribution is 0.102. The van der Waals surface area contributed by atoms with Crippen molar-refractivity contribution in [1.82, 2.24) is 10.2 Å². The average Bonchev–Trinajstić information content (AvgIpc) is 3.22. The highest BCUT2D eigenvalue weighted by atomic mass is 32.1. The summed E-state index contributed by atoms with van der Waals surface area (Å²) in [4.78, 5) is 13.2. The number of rotatable bonds is 7. The predicted octanol–water partition coefficient (Wildman–Crippen LogP) is 5.19. The smallest absolute Gasteiger partial charge is 0.267 e. The number of nitrogens with one attached hydrogen (secondary N) is 1. The van der Waals surface area contributed by atoms with Gasteiger partial charge in [0.2, 0.25) is 5.13 Å². The van der Waals surface area contributed by atoms with Crippen LogP contribution in [0.1, 0.15) is 52.8 Å². The number of anilines is 1. The van der Waals surface area contributed by atoms with E-state index in [1.54, 1.807) is 12.1 Å². The van der Waals surface area contributed by atoms with Crippen molar-refractivity contribution in [3.63, 3.8) is 0 Å². The highest BCUT2D eigenvalue weighted by molar-refractivity contribution is 7.21. The van der Waals surface area contributed by atoms with Crippen molar-refractivity contribution in [1.29, 1.82) is 0 Å². The number of hydrogen-bond acceptors (Lipinski definition) is 6. The lowest BCUT2D eigenvalue weighted by atomic mass is 10.1. The first-order chi connectivity index (χ1) is 12.6. The normalized spacial score (nSPS) is 11.4. The van der Waals surface area contributed by atoms with Crippen molar-refractivity contribution in [2.45, 2.75) is 39.2 Å². The van der Waals surface area contributed by atoms with E-state index >= 15 is 0 Å². The SMILES string of the molecule is CCC(CC)c1nnc(NC(=O)c2sc3cccc(F)c3c2COC)s1. The molecule has 0 radical (unpaired) electrons. The molecule has 1 amide bonds. The van der Waals surface area contributed by atoms with Crippen LogP contribution in [-0.4, -0.2) is 23.2 Å². The molecule has 5 nitrogen and oxygen atoms in total. The third kappa shape index (κ3) is 3.62. The summed E-state index contributed by atoms with van der Waals surface area (Å²) < 4.78 is 20.2. The van der Waals surface area contributed by atoms with E-state index < -0.39 is 0 Å². The molecule has 0 bridgehead atoms. The van der Waals surface area contributed by atoms with Crippen molar-refractivity contribution >= 4 is 43.8 Å².